The van der Waals surface area contributed by atoms with Gasteiger partial charge < -0.3 is 9.64 Å². The van der Waals surface area contributed by atoms with Crippen molar-refractivity contribution in [3.05, 3.63) is 10.6 Å². The number of amides is 1. The first kappa shape index (κ1) is 15.7. The zero-order chi connectivity index (χ0) is 14.7. The summed E-state index contributed by atoms with van der Waals surface area (Å²) in [5, 5.41) is 0.800. The number of nitrogens with zero attached hydrogens (tertiary/aromatic N) is 1. The topological polar surface area (TPSA) is 29.5 Å². The second-order valence-corrected chi connectivity index (χ2v) is 7.81. The van der Waals surface area contributed by atoms with Crippen molar-refractivity contribution in [2.24, 2.45) is 0 Å². The van der Waals surface area contributed by atoms with Crippen molar-refractivity contribution in [1.82, 2.24) is 4.90 Å². The molecule has 0 N–H and O–H groups in total. The first-order chi connectivity index (χ1) is 10.3. The Morgan fingerprint density at radius 2 is 2.14 bits per heavy atom. The van der Waals surface area contributed by atoms with E-state index in [-0.39, 0.29) is 12.0 Å². The number of allylic oxidation sites excluding steroid dienone is 1. The predicted molar refractivity (Wildman–Crippen MR) is 87.8 cm³/mol. The summed E-state index contributed by atoms with van der Waals surface area (Å²) in [5.41, 5.74) is 0.873. The van der Waals surface area contributed by atoms with E-state index in [9.17, 15) is 4.79 Å². The number of carbonyl (C=O) groups is 1. The normalized spacial score (nSPS) is 30.0. The monoisotopic (exact) mass is 329 g/mol. The highest BCUT2D eigenvalue weighted by molar-refractivity contribution is 7.99. The Kier molecular flexibility index (Phi) is 5.52. The SMILES string of the molecule is O=C(C1=C(Cl)CCCC1)N(CC1CCCO1)C1CCSC1. The molecule has 2 aliphatic heterocycles. The van der Waals surface area contributed by atoms with Crippen molar-refractivity contribution >= 4 is 29.3 Å². The van der Waals surface area contributed by atoms with Crippen LogP contribution in [0.5, 0.6) is 0 Å². The third-order valence-electron chi connectivity index (χ3n) is 4.69. The van der Waals surface area contributed by atoms with Crippen molar-refractivity contribution in [3.63, 3.8) is 0 Å². The number of hydrogen-bond acceptors (Lipinski definition) is 3. The number of ether oxygens (including phenoxy) is 1. The second kappa shape index (κ2) is 7.38. The van der Waals surface area contributed by atoms with E-state index >= 15 is 0 Å². The quantitative estimate of drug-likeness (QED) is 0.789. The lowest BCUT2D eigenvalue weighted by atomic mass is 9.97. The van der Waals surface area contributed by atoms with Gasteiger partial charge in [0.05, 0.1) is 6.10 Å². The average molecular weight is 330 g/mol. The summed E-state index contributed by atoms with van der Waals surface area (Å²) in [4.78, 5) is 15.1. The molecular formula is C16H24ClNO2S. The van der Waals surface area contributed by atoms with Gasteiger partial charge in [-0.25, -0.2) is 0 Å². The highest BCUT2D eigenvalue weighted by Crippen LogP contribution is 2.32. The van der Waals surface area contributed by atoms with Gasteiger partial charge in [-0.15, -0.1) is 0 Å². The van der Waals surface area contributed by atoms with E-state index in [4.69, 9.17) is 16.3 Å². The van der Waals surface area contributed by atoms with Crippen molar-refractivity contribution < 1.29 is 9.53 Å². The Bertz CT molecular complexity index is 415. The highest BCUT2D eigenvalue weighted by atomic mass is 35.5. The second-order valence-electron chi connectivity index (χ2n) is 6.20. The van der Waals surface area contributed by atoms with Gasteiger partial charge in [-0.1, -0.05) is 11.6 Å². The minimum Gasteiger partial charge on any atom is -0.376 e. The summed E-state index contributed by atoms with van der Waals surface area (Å²) in [6.45, 7) is 1.59. The molecule has 2 atom stereocenters. The summed E-state index contributed by atoms with van der Waals surface area (Å²) >= 11 is 8.29. The molecule has 3 rings (SSSR count). The molecule has 0 aromatic rings. The molecule has 21 heavy (non-hydrogen) atoms. The highest BCUT2D eigenvalue weighted by Gasteiger charge is 2.33. The van der Waals surface area contributed by atoms with E-state index in [1.807, 2.05) is 11.8 Å². The molecule has 0 aromatic carbocycles. The van der Waals surface area contributed by atoms with Crippen LogP contribution in [0.4, 0.5) is 0 Å². The van der Waals surface area contributed by atoms with Crippen LogP contribution >= 0.6 is 23.4 Å². The molecule has 2 heterocycles. The van der Waals surface area contributed by atoms with Crippen LogP contribution in [0.2, 0.25) is 0 Å². The molecular weight excluding hydrogens is 306 g/mol. The number of thioether (sulfide) groups is 1. The first-order valence-electron chi connectivity index (χ1n) is 8.13. The molecule has 2 saturated heterocycles. The van der Waals surface area contributed by atoms with E-state index in [0.717, 1.165) is 80.2 Å². The lowest BCUT2D eigenvalue weighted by molar-refractivity contribution is -0.131. The van der Waals surface area contributed by atoms with Crippen molar-refractivity contribution in [1.29, 1.82) is 0 Å². The molecule has 2 unspecified atom stereocenters. The predicted octanol–water partition coefficient (Wildman–Crippen LogP) is 3.57. The van der Waals surface area contributed by atoms with Crippen LogP contribution in [-0.2, 0) is 9.53 Å². The van der Waals surface area contributed by atoms with Gasteiger partial charge in [-0.05, 0) is 50.7 Å². The molecule has 0 radical (unpaired) electrons. The smallest absolute Gasteiger partial charge is 0.251 e. The van der Waals surface area contributed by atoms with E-state index in [0.29, 0.717) is 6.04 Å². The maximum absolute atomic E-state index is 13.0. The fourth-order valence-electron chi connectivity index (χ4n) is 3.44. The summed E-state index contributed by atoms with van der Waals surface area (Å²) < 4.78 is 5.76. The van der Waals surface area contributed by atoms with Crippen LogP contribution in [0.25, 0.3) is 0 Å². The number of hydrogen-bond donors (Lipinski definition) is 0. The zero-order valence-electron chi connectivity index (χ0n) is 12.5. The Balaban J connectivity index is 1.74. The number of carbonyl (C=O) groups excluding carboxylic acids is 1. The third kappa shape index (κ3) is 3.77. The Hall–Kier alpha value is -0.190. The van der Waals surface area contributed by atoms with Gasteiger partial charge in [0.1, 0.15) is 0 Å². The molecule has 0 spiro atoms. The molecule has 1 aliphatic carbocycles. The Labute approximate surface area is 136 Å². The average Bonchev–Trinajstić information content (AvgIpc) is 3.18. The lowest BCUT2D eigenvalue weighted by Crippen LogP contribution is -2.45. The molecule has 5 heteroatoms. The van der Waals surface area contributed by atoms with Crippen LogP contribution in [0.3, 0.4) is 0 Å². The van der Waals surface area contributed by atoms with E-state index in [1.165, 1.54) is 0 Å². The third-order valence-corrected chi connectivity index (χ3v) is 6.25. The van der Waals surface area contributed by atoms with Crippen LogP contribution in [0.15, 0.2) is 10.6 Å². The minimum absolute atomic E-state index is 0.183. The first-order valence-corrected chi connectivity index (χ1v) is 9.67. The molecule has 3 aliphatic rings. The van der Waals surface area contributed by atoms with Crippen LogP contribution in [-0.4, -0.2) is 47.6 Å². The van der Waals surface area contributed by atoms with Gasteiger partial charge in [0.15, 0.2) is 0 Å². The van der Waals surface area contributed by atoms with Gasteiger partial charge in [0.2, 0.25) is 0 Å². The summed E-state index contributed by atoms with van der Waals surface area (Å²) in [7, 11) is 0. The van der Waals surface area contributed by atoms with E-state index in [2.05, 4.69) is 4.90 Å². The maximum Gasteiger partial charge on any atom is 0.251 e. The number of halogens is 1. The van der Waals surface area contributed by atoms with Crippen LogP contribution in [0, 0.1) is 0 Å². The van der Waals surface area contributed by atoms with E-state index < -0.39 is 0 Å². The molecule has 3 nitrogen and oxygen atoms in total. The van der Waals surface area contributed by atoms with Gasteiger partial charge >= 0.3 is 0 Å². The summed E-state index contributed by atoms with van der Waals surface area (Å²) in [6, 6.07) is 0.366. The largest absolute Gasteiger partial charge is 0.376 e. The standard InChI is InChI=1S/C16H24ClNO2S/c17-15-6-2-1-5-14(15)16(19)18(12-7-9-21-11-12)10-13-4-3-8-20-13/h12-13H,1-11H2. The van der Waals surface area contributed by atoms with Crippen molar-refractivity contribution in [3.8, 4) is 0 Å². The molecule has 0 saturated carbocycles. The van der Waals surface area contributed by atoms with Crippen LogP contribution < -0.4 is 0 Å². The Morgan fingerprint density at radius 1 is 1.29 bits per heavy atom. The van der Waals surface area contributed by atoms with Crippen molar-refractivity contribution in [2.75, 3.05) is 24.7 Å². The molecule has 1 amide bonds. The van der Waals surface area contributed by atoms with Gasteiger partial charge in [-0.3, -0.25) is 4.79 Å². The summed E-state index contributed by atoms with van der Waals surface area (Å²) in [6.07, 6.45) is 7.45. The molecule has 118 valence electrons. The van der Waals surface area contributed by atoms with Crippen molar-refractivity contribution in [2.45, 2.75) is 57.1 Å². The molecule has 2 fully saturated rings. The fraction of sp³-hybridized carbons (Fsp3) is 0.812. The van der Waals surface area contributed by atoms with Crippen LogP contribution in [0.1, 0.15) is 44.9 Å². The van der Waals surface area contributed by atoms with Gasteiger partial charge in [0.25, 0.3) is 5.91 Å². The minimum atomic E-state index is 0.183. The molecule has 0 bridgehead atoms. The van der Waals surface area contributed by atoms with Gasteiger partial charge in [0, 0.05) is 35.6 Å². The molecule has 0 aromatic heterocycles. The zero-order valence-corrected chi connectivity index (χ0v) is 14.1. The maximum atomic E-state index is 13.0. The van der Waals surface area contributed by atoms with Gasteiger partial charge in [-0.2, -0.15) is 11.8 Å². The fourth-order valence-corrected chi connectivity index (χ4v) is 4.97. The Morgan fingerprint density at radius 3 is 2.81 bits per heavy atom. The summed E-state index contributed by atoms with van der Waals surface area (Å²) in [5.74, 6) is 2.40. The van der Waals surface area contributed by atoms with E-state index in [1.54, 1.807) is 0 Å². The number of rotatable bonds is 4. The lowest BCUT2D eigenvalue weighted by Gasteiger charge is -2.32.